The minimum atomic E-state index is -0.202. The molecule has 4 heteroatoms. The summed E-state index contributed by atoms with van der Waals surface area (Å²) in [4.78, 5) is 24.9. The average molecular weight is 208 g/mol. The molecule has 82 valence electrons. The van der Waals surface area contributed by atoms with Crippen LogP contribution in [0.3, 0.4) is 0 Å². The molecule has 0 aliphatic rings. The van der Waals surface area contributed by atoms with Crippen molar-refractivity contribution in [1.29, 1.82) is 0 Å². The van der Waals surface area contributed by atoms with Gasteiger partial charge >= 0.3 is 0 Å². The van der Waals surface area contributed by atoms with Crippen LogP contribution in [0.15, 0.2) is 23.1 Å². The van der Waals surface area contributed by atoms with Gasteiger partial charge in [0.15, 0.2) is 5.78 Å². The van der Waals surface area contributed by atoms with E-state index in [2.05, 4.69) is 0 Å². The molecule has 0 amide bonds. The summed E-state index contributed by atoms with van der Waals surface area (Å²) in [6.45, 7) is 2.79. The van der Waals surface area contributed by atoms with Gasteiger partial charge in [0.25, 0.3) is 5.56 Å². The van der Waals surface area contributed by atoms with E-state index in [-0.39, 0.29) is 16.9 Å². The fraction of sp³-hybridized carbons (Fsp3) is 0.455. The second-order valence-corrected chi connectivity index (χ2v) is 3.78. The van der Waals surface area contributed by atoms with E-state index >= 15 is 0 Å². The predicted molar refractivity (Wildman–Crippen MR) is 59.3 cm³/mol. The number of ketones is 1. The topological polar surface area (TPSA) is 42.3 Å². The van der Waals surface area contributed by atoms with Crippen LogP contribution in [0.4, 0.5) is 0 Å². The Balaban J connectivity index is 2.95. The maximum atomic E-state index is 11.7. The van der Waals surface area contributed by atoms with E-state index in [1.165, 1.54) is 6.92 Å². The lowest BCUT2D eigenvalue weighted by atomic mass is 10.2. The van der Waals surface area contributed by atoms with E-state index in [0.717, 1.165) is 6.54 Å². The van der Waals surface area contributed by atoms with Gasteiger partial charge in [-0.05, 0) is 33.2 Å². The minimum absolute atomic E-state index is 0.181. The zero-order valence-electron chi connectivity index (χ0n) is 9.36. The van der Waals surface area contributed by atoms with Gasteiger partial charge in [-0.25, -0.2) is 0 Å². The molecule has 0 N–H and O–H groups in total. The molecule has 0 spiro atoms. The molecule has 0 bridgehead atoms. The molecule has 1 heterocycles. The lowest BCUT2D eigenvalue weighted by Crippen LogP contribution is -2.29. The number of aromatic nitrogens is 1. The summed E-state index contributed by atoms with van der Waals surface area (Å²) in [5, 5.41) is 0. The normalized spacial score (nSPS) is 10.7. The number of likely N-dealkylation sites (N-methyl/N-ethyl adjacent to an activating group) is 1. The van der Waals surface area contributed by atoms with Crippen LogP contribution in [-0.4, -0.2) is 35.9 Å². The third-order valence-electron chi connectivity index (χ3n) is 2.19. The number of Topliss-reactive ketones (excluding diaryl/α,β-unsaturated/α-hetero) is 1. The number of rotatable bonds is 4. The second kappa shape index (κ2) is 4.89. The molecule has 1 rings (SSSR count). The molecule has 0 aliphatic heterocycles. The van der Waals surface area contributed by atoms with Gasteiger partial charge in [-0.2, -0.15) is 0 Å². The number of hydrogen-bond donors (Lipinski definition) is 0. The van der Waals surface area contributed by atoms with E-state index in [1.54, 1.807) is 22.9 Å². The highest BCUT2D eigenvalue weighted by atomic mass is 16.1. The summed E-state index contributed by atoms with van der Waals surface area (Å²) in [6, 6.07) is 3.30. The van der Waals surface area contributed by atoms with Crippen LogP contribution >= 0.6 is 0 Å². The van der Waals surface area contributed by atoms with Crippen LogP contribution in [0.1, 0.15) is 17.3 Å². The molecular formula is C11H16N2O2. The number of hydrogen-bond acceptors (Lipinski definition) is 3. The van der Waals surface area contributed by atoms with E-state index in [0.29, 0.717) is 6.54 Å². The first-order chi connectivity index (χ1) is 7.02. The SMILES string of the molecule is CC(=O)c1cccn(CCN(C)C)c1=O. The molecular weight excluding hydrogens is 192 g/mol. The van der Waals surface area contributed by atoms with Crippen LogP contribution in [-0.2, 0) is 6.54 Å². The first kappa shape index (κ1) is 11.7. The van der Waals surface area contributed by atoms with Gasteiger partial charge in [0.2, 0.25) is 0 Å². The average Bonchev–Trinajstić information content (AvgIpc) is 2.15. The van der Waals surface area contributed by atoms with Gasteiger partial charge < -0.3 is 9.47 Å². The lowest BCUT2D eigenvalue weighted by molar-refractivity contribution is 0.101. The number of carbonyl (C=O) groups is 1. The second-order valence-electron chi connectivity index (χ2n) is 3.78. The van der Waals surface area contributed by atoms with Crippen molar-refractivity contribution >= 4 is 5.78 Å². The van der Waals surface area contributed by atoms with E-state index < -0.39 is 0 Å². The van der Waals surface area contributed by atoms with Crippen molar-refractivity contribution < 1.29 is 4.79 Å². The molecule has 0 aromatic carbocycles. The van der Waals surface area contributed by atoms with Gasteiger partial charge in [-0.15, -0.1) is 0 Å². The molecule has 15 heavy (non-hydrogen) atoms. The van der Waals surface area contributed by atoms with Crippen molar-refractivity contribution in [3.63, 3.8) is 0 Å². The van der Waals surface area contributed by atoms with Crippen LogP contribution in [0.25, 0.3) is 0 Å². The molecule has 1 aromatic heterocycles. The maximum absolute atomic E-state index is 11.7. The third kappa shape index (κ3) is 3.02. The Morgan fingerprint density at radius 3 is 2.67 bits per heavy atom. The fourth-order valence-electron chi connectivity index (χ4n) is 1.29. The van der Waals surface area contributed by atoms with Crippen molar-refractivity contribution in [3.8, 4) is 0 Å². The van der Waals surface area contributed by atoms with Crippen molar-refractivity contribution in [2.75, 3.05) is 20.6 Å². The van der Waals surface area contributed by atoms with Gasteiger partial charge in [-0.1, -0.05) is 0 Å². The van der Waals surface area contributed by atoms with Crippen LogP contribution in [0, 0.1) is 0 Å². The third-order valence-corrected chi connectivity index (χ3v) is 2.19. The van der Waals surface area contributed by atoms with Gasteiger partial charge in [0, 0.05) is 19.3 Å². The first-order valence-corrected chi connectivity index (χ1v) is 4.87. The Morgan fingerprint density at radius 1 is 1.47 bits per heavy atom. The summed E-state index contributed by atoms with van der Waals surface area (Å²) in [5.74, 6) is -0.181. The zero-order chi connectivity index (χ0) is 11.4. The van der Waals surface area contributed by atoms with Crippen LogP contribution in [0.5, 0.6) is 0 Å². The molecule has 0 aliphatic carbocycles. The van der Waals surface area contributed by atoms with Gasteiger partial charge in [0.1, 0.15) is 0 Å². The molecule has 0 atom stereocenters. The van der Waals surface area contributed by atoms with E-state index in [9.17, 15) is 9.59 Å². The van der Waals surface area contributed by atoms with Crippen molar-refractivity contribution in [2.45, 2.75) is 13.5 Å². The number of pyridine rings is 1. The van der Waals surface area contributed by atoms with E-state index in [4.69, 9.17) is 0 Å². The summed E-state index contributed by atoms with van der Waals surface area (Å²) in [6.07, 6.45) is 1.71. The highest BCUT2D eigenvalue weighted by Crippen LogP contribution is 1.93. The first-order valence-electron chi connectivity index (χ1n) is 4.87. The van der Waals surface area contributed by atoms with Crippen molar-refractivity contribution in [3.05, 3.63) is 34.2 Å². The van der Waals surface area contributed by atoms with Gasteiger partial charge in [-0.3, -0.25) is 9.59 Å². The predicted octanol–water partition coefficient (Wildman–Crippen LogP) is 0.613. The molecule has 1 aromatic rings. The maximum Gasteiger partial charge on any atom is 0.261 e. The molecule has 4 nitrogen and oxygen atoms in total. The summed E-state index contributed by atoms with van der Waals surface area (Å²) < 4.78 is 1.57. The van der Waals surface area contributed by atoms with E-state index in [1.807, 2.05) is 19.0 Å². The number of carbonyl (C=O) groups excluding carboxylic acids is 1. The van der Waals surface area contributed by atoms with Gasteiger partial charge in [0.05, 0.1) is 5.56 Å². The fourth-order valence-corrected chi connectivity index (χ4v) is 1.29. The Kier molecular flexibility index (Phi) is 3.80. The van der Waals surface area contributed by atoms with Crippen LogP contribution in [0.2, 0.25) is 0 Å². The monoisotopic (exact) mass is 208 g/mol. The Morgan fingerprint density at radius 2 is 2.13 bits per heavy atom. The Hall–Kier alpha value is -1.42. The molecule has 0 radical (unpaired) electrons. The zero-order valence-corrected chi connectivity index (χ0v) is 9.36. The Labute approximate surface area is 89.1 Å². The highest BCUT2D eigenvalue weighted by Gasteiger charge is 2.06. The summed E-state index contributed by atoms with van der Waals surface area (Å²) in [7, 11) is 3.89. The molecule has 0 saturated heterocycles. The highest BCUT2D eigenvalue weighted by molar-refractivity contribution is 5.93. The van der Waals surface area contributed by atoms with Crippen LogP contribution < -0.4 is 5.56 Å². The summed E-state index contributed by atoms with van der Waals surface area (Å²) in [5.41, 5.74) is 0.0584. The van der Waals surface area contributed by atoms with Crippen molar-refractivity contribution in [2.24, 2.45) is 0 Å². The smallest absolute Gasteiger partial charge is 0.261 e. The number of nitrogens with zero attached hydrogens (tertiary/aromatic N) is 2. The summed E-state index contributed by atoms with van der Waals surface area (Å²) >= 11 is 0. The van der Waals surface area contributed by atoms with Crippen molar-refractivity contribution in [1.82, 2.24) is 9.47 Å². The quantitative estimate of drug-likeness (QED) is 0.681. The Bertz CT molecular complexity index is 407. The largest absolute Gasteiger partial charge is 0.314 e. The standard InChI is InChI=1S/C11H16N2O2/c1-9(14)10-5-4-6-13(11(10)15)8-7-12(2)3/h4-6H,7-8H2,1-3H3. The minimum Gasteiger partial charge on any atom is -0.314 e. The molecule has 0 saturated carbocycles. The lowest BCUT2D eigenvalue weighted by Gasteiger charge is -2.11. The molecule has 0 unspecified atom stereocenters. The molecule has 0 fully saturated rings.